The molecule has 2 N–H and O–H groups in total. The van der Waals surface area contributed by atoms with Gasteiger partial charge in [0.15, 0.2) is 0 Å². The highest BCUT2D eigenvalue weighted by Gasteiger charge is 2.90. The molecule has 122 valence electrons. The van der Waals surface area contributed by atoms with Crippen LogP contribution in [0.1, 0.15) is 52.9 Å². The van der Waals surface area contributed by atoms with Crippen molar-refractivity contribution in [2.24, 2.45) is 33.5 Å². The van der Waals surface area contributed by atoms with Gasteiger partial charge in [-0.15, -0.1) is 6.58 Å². The summed E-state index contributed by atoms with van der Waals surface area (Å²) in [6.45, 7) is 10.3. The van der Waals surface area contributed by atoms with Gasteiger partial charge in [0.2, 0.25) is 0 Å². The van der Waals surface area contributed by atoms with Crippen molar-refractivity contribution in [2.75, 3.05) is 0 Å². The zero-order valence-corrected chi connectivity index (χ0v) is 13.9. The molecular formula is C19H28O3. The second kappa shape index (κ2) is 3.87. The minimum atomic E-state index is -0.520. The van der Waals surface area contributed by atoms with Crippen LogP contribution in [-0.4, -0.2) is 28.2 Å². The first-order valence-electron chi connectivity index (χ1n) is 8.72. The third kappa shape index (κ3) is 1.24. The molecule has 4 rings (SSSR count). The highest BCUT2D eigenvalue weighted by molar-refractivity contribution is 5.94. The van der Waals surface area contributed by atoms with Crippen LogP contribution in [0.25, 0.3) is 0 Å². The van der Waals surface area contributed by atoms with Crippen LogP contribution >= 0.6 is 0 Å². The minimum Gasteiger partial charge on any atom is -0.393 e. The van der Waals surface area contributed by atoms with Crippen LogP contribution in [0.3, 0.4) is 0 Å². The topological polar surface area (TPSA) is 57.5 Å². The van der Waals surface area contributed by atoms with Gasteiger partial charge < -0.3 is 10.2 Å². The van der Waals surface area contributed by atoms with Crippen molar-refractivity contribution in [1.29, 1.82) is 0 Å². The summed E-state index contributed by atoms with van der Waals surface area (Å²) >= 11 is 0. The zero-order chi connectivity index (χ0) is 16.1. The first-order valence-corrected chi connectivity index (χ1v) is 8.72. The van der Waals surface area contributed by atoms with Gasteiger partial charge >= 0.3 is 0 Å². The van der Waals surface area contributed by atoms with E-state index >= 15 is 0 Å². The van der Waals surface area contributed by atoms with Crippen molar-refractivity contribution in [3.8, 4) is 0 Å². The van der Waals surface area contributed by atoms with E-state index in [0.717, 1.165) is 12.8 Å². The summed E-state index contributed by atoms with van der Waals surface area (Å²) in [6, 6.07) is 0. The first-order chi connectivity index (χ1) is 10.2. The highest BCUT2D eigenvalue weighted by Crippen LogP contribution is 2.90. The molecule has 4 aliphatic rings. The number of carbonyl (C=O) groups excluding carboxylic acids is 1. The van der Waals surface area contributed by atoms with Gasteiger partial charge in [0.25, 0.3) is 0 Å². The molecule has 8 atom stereocenters. The predicted octanol–water partition coefficient (Wildman–Crippen LogP) is 2.71. The normalized spacial score (nSPS) is 62.9. The zero-order valence-electron chi connectivity index (χ0n) is 13.9. The maximum absolute atomic E-state index is 12.7. The Morgan fingerprint density at radius 1 is 1.18 bits per heavy atom. The molecule has 0 saturated heterocycles. The lowest BCUT2D eigenvalue weighted by Gasteiger charge is -2.48. The van der Waals surface area contributed by atoms with Gasteiger partial charge in [0.1, 0.15) is 5.78 Å². The molecular weight excluding hydrogens is 276 g/mol. The number of Topliss-reactive ketones (excluding diaryl/α,β-unsaturated/α-hetero) is 1. The summed E-state index contributed by atoms with van der Waals surface area (Å²) in [6.07, 6.45) is 4.50. The molecule has 0 radical (unpaired) electrons. The van der Waals surface area contributed by atoms with Crippen molar-refractivity contribution in [3.05, 3.63) is 12.7 Å². The van der Waals surface area contributed by atoms with Crippen LogP contribution in [0.4, 0.5) is 0 Å². The molecule has 3 nitrogen and oxygen atoms in total. The molecule has 0 amide bonds. The Morgan fingerprint density at radius 2 is 1.86 bits per heavy atom. The molecule has 0 aliphatic heterocycles. The molecule has 0 aromatic rings. The van der Waals surface area contributed by atoms with Gasteiger partial charge in [0.05, 0.1) is 12.2 Å². The van der Waals surface area contributed by atoms with E-state index in [2.05, 4.69) is 20.4 Å². The number of aliphatic hydroxyl groups excluding tert-OH is 2. The molecule has 4 saturated carbocycles. The van der Waals surface area contributed by atoms with Gasteiger partial charge in [-0.05, 0) is 42.9 Å². The van der Waals surface area contributed by atoms with Crippen LogP contribution in [0.15, 0.2) is 12.7 Å². The molecule has 0 aromatic heterocycles. The quantitative estimate of drug-likeness (QED) is 0.732. The summed E-state index contributed by atoms with van der Waals surface area (Å²) in [4.78, 5) is 12.7. The van der Waals surface area contributed by atoms with Gasteiger partial charge in [-0.3, -0.25) is 4.79 Å². The van der Waals surface area contributed by atoms with E-state index in [1.807, 2.05) is 13.0 Å². The Bertz CT molecular complexity index is 571. The van der Waals surface area contributed by atoms with E-state index < -0.39 is 17.6 Å². The molecule has 0 heterocycles. The number of hydrogen-bond donors (Lipinski definition) is 2. The van der Waals surface area contributed by atoms with E-state index in [-0.39, 0.29) is 22.2 Å². The maximum Gasteiger partial charge on any atom is 0.139 e. The standard InChI is InChI=1S/C19H28O3/c1-5-16(3)9-14(22)17(4)11(2)8-19-12(20)6-7-18(19,15(17)19)10-13(16)21/h5,11,13-15,21-22H,1,6-10H2,2-4H3/t11?,13-,14+,15?,16+,17-,18+,19?/m0/s1. The average Bonchev–Trinajstić information content (AvgIpc) is 2.79. The molecule has 22 heavy (non-hydrogen) atoms. The minimum absolute atomic E-state index is 0.0591. The average molecular weight is 304 g/mol. The Hall–Kier alpha value is -0.670. The van der Waals surface area contributed by atoms with Crippen LogP contribution in [0.2, 0.25) is 0 Å². The third-order valence-corrected chi connectivity index (χ3v) is 8.59. The number of rotatable bonds is 1. The molecule has 2 spiro atoms. The lowest BCUT2D eigenvalue weighted by atomic mass is 9.59. The predicted molar refractivity (Wildman–Crippen MR) is 84.0 cm³/mol. The van der Waals surface area contributed by atoms with E-state index in [1.165, 1.54) is 0 Å². The first kappa shape index (κ1) is 14.9. The third-order valence-electron chi connectivity index (χ3n) is 8.59. The van der Waals surface area contributed by atoms with Crippen molar-refractivity contribution >= 4 is 5.78 Å². The fourth-order valence-corrected chi connectivity index (χ4v) is 7.07. The van der Waals surface area contributed by atoms with Crippen LogP contribution in [0.5, 0.6) is 0 Å². The number of ketones is 1. The lowest BCUT2D eigenvalue weighted by Crippen LogP contribution is -2.48. The van der Waals surface area contributed by atoms with Gasteiger partial charge in [0, 0.05) is 22.7 Å². The summed E-state index contributed by atoms with van der Waals surface area (Å²) in [5.41, 5.74) is -0.982. The number of aliphatic hydroxyl groups is 2. The molecule has 4 fully saturated rings. The maximum atomic E-state index is 12.7. The summed E-state index contributed by atoms with van der Waals surface area (Å²) in [7, 11) is 0. The monoisotopic (exact) mass is 304 g/mol. The number of carbonyl (C=O) groups is 1. The Morgan fingerprint density at radius 3 is 2.50 bits per heavy atom. The molecule has 3 heteroatoms. The second-order valence-corrected chi connectivity index (χ2v) is 9.10. The molecule has 0 aromatic carbocycles. The van der Waals surface area contributed by atoms with Crippen LogP contribution < -0.4 is 0 Å². The van der Waals surface area contributed by atoms with Crippen molar-refractivity contribution < 1.29 is 15.0 Å². The molecule has 0 bridgehead atoms. The van der Waals surface area contributed by atoms with E-state index in [0.29, 0.717) is 31.0 Å². The Kier molecular flexibility index (Phi) is 2.62. The van der Waals surface area contributed by atoms with E-state index in [4.69, 9.17) is 0 Å². The lowest BCUT2D eigenvalue weighted by molar-refractivity contribution is -0.123. The van der Waals surface area contributed by atoms with Gasteiger partial charge in [-0.2, -0.15) is 0 Å². The Balaban J connectivity index is 1.87. The van der Waals surface area contributed by atoms with Crippen molar-refractivity contribution in [3.63, 3.8) is 0 Å². The SMILES string of the molecule is C=C[C@]1(C)C[C@@H](O)[C@]2(C)C(C)CC34C(=O)CC[C@@]3(C[C@@H]1O)C42. The summed E-state index contributed by atoms with van der Waals surface area (Å²) in [5.74, 6) is 1.02. The van der Waals surface area contributed by atoms with Gasteiger partial charge in [-0.1, -0.05) is 26.8 Å². The highest BCUT2D eigenvalue weighted by atomic mass is 16.3. The smallest absolute Gasteiger partial charge is 0.139 e. The molecule has 3 unspecified atom stereocenters. The molecule has 4 aliphatic carbocycles. The second-order valence-electron chi connectivity index (χ2n) is 9.10. The van der Waals surface area contributed by atoms with Crippen LogP contribution in [-0.2, 0) is 4.79 Å². The van der Waals surface area contributed by atoms with Crippen molar-refractivity contribution in [1.82, 2.24) is 0 Å². The van der Waals surface area contributed by atoms with E-state index in [1.54, 1.807) is 0 Å². The van der Waals surface area contributed by atoms with Gasteiger partial charge in [-0.25, -0.2) is 0 Å². The van der Waals surface area contributed by atoms with Crippen molar-refractivity contribution in [2.45, 2.75) is 65.1 Å². The summed E-state index contributed by atoms with van der Waals surface area (Å²) in [5, 5.41) is 21.9. The van der Waals surface area contributed by atoms with Crippen LogP contribution in [0, 0.1) is 33.5 Å². The van der Waals surface area contributed by atoms with E-state index in [9.17, 15) is 15.0 Å². The Labute approximate surface area is 132 Å². The largest absolute Gasteiger partial charge is 0.393 e. The summed E-state index contributed by atoms with van der Waals surface area (Å²) < 4.78 is 0. The fourth-order valence-electron chi connectivity index (χ4n) is 7.07. The fraction of sp³-hybridized carbons (Fsp3) is 0.842. The number of hydrogen-bond acceptors (Lipinski definition) is 3.